The number of aryl methyl sites for hydroxylation is 1. The first-order chi connectivity index (χ1) is 14.7. The van der Waals surface area contributed by atoms with Crippen molar-refractivity contribution in [2.45, 2.75) is 20.0 Å². The lowest BCUT2D eigenvalue weighted by Gasteiger charge is -2.11. The van der Waals surface area contributed by atoms with Crippen LogP contribution >= 0.6 is 0 Å². The van der Waals surface area contributed by atoms with E-state index in [0.717, 1.165) is 23.5 Å². The number of anilines is 1. The smallest absolute Gasteiger partial charge is 0.226 e. The van der Waals surface area contributed by atoms with Gasteiger partial charge in [0, 0.05) is 38.5 Å². The summed E-state index contributed by atoms with van der Waals surface area (Å²) in [5.41, 5.74) is 5.24. The summed E-state index contributed by atoms with van der Waals surface area (Å²) >= 11 is 0. The highest BCUT2D eigenvalue weighted by molar-refractivity contribution is 5.79. The summed E-state index contributed by atoms with van der Waals surface area (Å²) in [5.74, 6) is 1.33. The number of hydrogen-bond donors (Lipinski definition) is 3. The van der Waals surface area contributed by atoms with Crippen molar-refractivity contribution in [2.24, 2.45) is 4.99 Å². The second-order valence-electron chi connectivity index (χ2n) is 6.91. The summed E-state index contributed by atoms with van der Waals surface area (Å²) in [6, 6.07) is 16.4. The first-order valence-electron chi connectivity index (χ1n) is 9.95. The molecule has 3 N–H and O–H groups in total. The number of oxazole rings is 1. The van der Waals surface area contributed by atoms with Crippen LogP contribution in [-0.2, 0) is 17.8 Å². The van der Waals surface area contributed by atoms with Gasteiger partial charge in [-0.2, -0.15) is 0 Å². The quantitative estimate of drug-likeness (QED) is 0.286. The van der Waals surface area contributed by atoms with E-state index in [-0.39, 0.29) is 0 Å². The molecule has 0 amide bonds. The molecule has 30 heavy (non-hydrogen) atoms. The van der Waals surface area contributed by atoms with Crippen LogP contribution < -0.4 is 16.0 Å². The fourth-order valence-electron chi connectivity index (χ4n) is 2.84. The number of guanidine groups is 1. The molecule has 0 bridgehead atoms. The number of hydrogen-bond acceptors (Lipinski definition) is 5. The van der Waals surface area contributed by atoms with Crippen molar-refractivity contribution in [3.05, 3.63) is 71.6 Å². The monoisotopic (exact) mass is 407 g/mol. The van der Waals surface area contributed by atoms with Gasteiger partial charge in [0.05, 0.1) is 18.8 Å². The molecule has 7 heteroatoms. The molecule has 0 unspecified atom stereocenters. The number of aliphatic imine (C=N–C) groups is 1. The van der Waals surface area contributed by atoms with Gasteiger partial charge in [0.15, 0.2) is 5.96 Å². The number of methoxy groups -OCH3 is 1. The molecule has 158 valence electrons. The van der Waals surface area contributed by atoms with E-state index in [0.29, 0.717) is 31.5 Å². The van der Waals surface area contributed by atoms with Crippen molar-refractivity contribution in [2.75, 3.05) is 32.6 Å². The minimum Gasteiger partial charge on any atom is -0.444 e. The van der Waals surface area contributed by atoms with Gasteiger partial charge in [0.1, 0.15) is 6.26 Å². The standard InChI is InChI=1S/C23H29N5O2/c1-17-4-8-19(9-5-17)22-28-21(16-30-22)15-27-23(24-2)26-14-18-6-10-20(11-7-18)25-12-13-29-3/h4-11,16,25H,12-15H2,1-3H3,(H2,24,26,27). The normalized spacial score (nSPS) is 11.4. The fourth-order valence-corrected chi connectivity index (χ4v) is 2.84. The van der Waals surface area contributed by atoms with Crippen molar-refractivity contribution in [3.63, 3.8) is 0 Å². The molecule has 0 atom stereocenters. The van der Waals surface area contributed by atoms with Crippen molar-refractivity contribution in [3.8, 4) is 11.5 Å². The highest BCUT2D eigenvalue weighted by Gasteiger charge is 2.07. The molecule has 0 aliphatic carbocycles. The number of nitrogens with zero attached hydrogens (tertiary/aromatic N) is 2. The van der Waals surface area contributed by atoms with Gasteiger partial charge < -0.3 is 25.1 Å². The van der Waals surface area contributed by atoms with Crippen molar-refractivity contribution < 1.29 is 9.15 Å². The Morgan fingerprint density at radius 3 is 2.47 bits per heavy atom. The number of rotatable bonds is 9. The van der Waals surface area contributed by atoms with Crippen LogP contribution in [0.5, 0.6) is 0 Å². The highest BCUT2D eigenvalue weighted by Crippen LogP contribution is 2.19. The summed E-state index contributed by atoms with van der Waals surface area (Å²) in [7, 11) is 3.45. The third kappa shape index (κ3) is 6.35. The van der Waals surface area contributed by atoms with Crippen molar-refractivity contribution >= 4 is 11.6 Å². The van der Waals surface area contributed by atoms with Gasteiger partial charge in [-0.3, -0.25) is 4.99 Å². The molecule has 0 aliphatic rings. The molecule has 0 spiro atoms. The average molecular weight is 408 g/mol. The third-order valence-electron chi connectivity index (χ3n) is 4.56. The van der Waals surface area contributed by atoms with Gasteiger partial charge in [-0.15, -0.1) is 0 Å². The Morgan fingerprint density at radius 1 is 1.03 bits per heavy atom. The van der Waals surface area contributed by atoms with Crippen LogP contribution in [0.15, 0.2) is 64.2 Å². The Morgan fingerprint density at radius 2 is 1.77 bits per heavy atom. The average Bonchev–Trinajstić information content (AvgIpc) is 3.24. The minimum atomic E-state index is 0.525. The van der Waals surface area contributed by atoms with Crippen LogP contribution in [-0.4, -0.2) is 38.3 Å². The first-order valence-corrected chi connectivity index (χ1v) is 9.95. The van der Waals surface area contributed by atoms with Gasteiger partial charge in [0.2, 0.25) is 5.89 Å². The predicted octanol–water partition coefficient (Wildman–Crippen LogP) is 3.57. The molecule has 3 rings (SSSR count). The maximum atomic E-state index is 5.61. The van der Waals surface area contributed by atoms with Crippen LogP contribution in [0.3, 0.4) is 0 Å². The number of aromatic nitrogens is 1. The maximum absolute atomic E-state index is 5.61. The summed E-state index contributed by atoms with van der Waals surface area (Å²) in [4.78, 5) is 8.82. The maximum Gasteiger partial charge on any atom is 0.226 e. The van der Waals surface area contributed by atoms with Crippen LogP contribution in [0.1, 0.15) is 16.8 Å². The molecule has 0 radical (unpaired) electrons. The summed E-state index contributed by atoms with van der Waals surface area (Å²) in [6.45, 7) is 4.73. The van der Waals surface area contributed by atoms with E-state index in [4.69, 9.17) is 9.15 Å². The van der Waals surface area contributed by atoms with Crippen molar-refractivity contribution in [1.82, 2.24) is 15.6 Å². The summed E-state index contributed by atoms with van der Waals surface area (Å²) in [5, 5.41) is 9.88. The molecule has 7 nitrogen and oxygen atoms in total. The van der Waals surface area contributed by atoms with Gasteiger partial charge in [-0.05, 0) is 36.8 Å². The molecular formula is C23H29N5O2. The first kappa shape index (κ1) is 21.4. The Hall–Kier alpha value is -3.32. The van der Waals surface area contributed by atoms with Crippen LogP contribution in [0, 0.1) is 6.92 Å². The molecule has 2 aromatic carbocycles. The summed E-state index contributed by atoms with van der Waals surface area (Å²) in [6.07, 6.45) is 1.67. The Balaban J connectivity index is 1.46. The van der Waals surface area contributed by atoms with E-state index in [9.17, 15) is 0 Å². The van der Waals surface area contributed by atoms with Gasteiger partial charge in [-0.25, -0.2) is 4.98 Å². The van der Waals surface area contributed by atoms with Crippen molar-refractivity contribution in [1.29, 1.82) is 0 Å². The number of ether oxygens (including phenoxy) is 1. The second-order valence-corrected chi connectivity index (χ2v) is 6.91. The SMILES string of the molecule is CN=C(NCc1ccc(NCCOC)cc1)NCc1coc(-c2ccc(C)cc2)n1. The van der Waals surface area contributed by atoms with E-state index in [1.54, 1.807) is 20.4 Å². The highest BCUT2D eigenvalue weighted by atomic mass is 16.5. The molecule has 0 aliphatic heterocycles. The van der Waals surface area contributed by atoms with Gasteiger partial charge >= 0.3 is 0 Å². The molecule has 1 heterocycles. The Kier molecular flexibility index (Phi) is 7.86. The van der Waals surface area contributed by atoms with Crippen LogP contribution in [0.4, 0.5) is 5.69 Å². The van der Waals surface area contributed by atoms with Crippen LogP contribution in [0.2, 0.25) is 0 Å². The molecule has 0 saturated heterocycles. The number of nitrogens with one attached hydrogen (secondary N) is 3. The molecular weight excluding hydrogens is 378 g/mol. The largest absolute Gasteiger partial charge is 0.444 e. The van der Waals surface area contributed by atoms with E-state index in [1.807, 2.05) is 24.3 Å². The van der Waals surface area contributed by atoms with E-state index in [2.05, 4.69) is 57.1 Å². The lowest BCUT2D eigenvalue weighted by atomic mass is 10.1. The zero-order valence-corrected chi connectivity index (χ0v) is 17.7. The Bertz CT molecular complexity index is 933. The summed E-state index contributed by atoms with van der Waals surface area (Å²) < 4.78 is 10.7. The van der Waals surface area contributed by atoms with E-state index in [1.165, 1.54) is 11.1 Å². The zero-order valence-electron chi connectivity index (χ0n) is 17.7. The lowest BCUT2D eigenvalue weighted by molar-refractivity contribution is 0.211. The van der Waals surface area contributed by atoms with E-state index >= 15 is 0 Å². The topological polar surface area (TPSA) is 83.7 Å². The van der Waals surface area contributed by atoms with Gasteiger partial charge in [0.25, 0.3) is 0 Å². The minimum absolute atomic E-state index is 0.525. The second kappa shape index (κ2) is 11.0. The lowest BCUT2D eigenvalue weighted by Crippen LogP contribution is -2.36. The zero-order chi connectivity index (χ0) is 21.2. The predicted molar refractivity (Wildman–Crippen MR) is 121 cm³/mol. The fraction of sp³-hybridized carbons (Fsp3) is 0.304. The molecule has 1 aromatic heterocycles. The number of benzene rings is 2. The Labute approximate surface area is 177 Å². The van der Waals surface area contributed by atoms with Gasteiger partial charge in [-0.1, -0.05) is 29.8 Å². The third-order valence-corrected chi connectivity index (χ3v) is 4.56. The molecule has 3 aromatic rings. The van der Waals surface area contributed by atoms with Crippen LogP contribution in [0.25, 0.3) is 11.5 Å². The molecule has 0 fully saturated rings. The van der Waals surface area contributed by atoms with E-state index < -0.39 is 0 Å². The molecule has 0 saturated carbocycles.